The summed E-state index contributed by atoms with van der Waals surface area (Å²) in [5.41, 5.74) is 4.17. The second-order valence-electron chi connectivity index (χ2n) is 10.3. The van der Waals surface area contributed by atoms with Gasteiger partial charge in [-0.25, -0.2) is 4.79 Å². The van der Waals surface area contributed by atoms with Crippen LogP contribution in [0.15, 0.2) is 59.1 Å². The van der Waals surface area contributed by atoms with Crippen LogP contribution in [-0.2, 0) is 22.6 Å². The summed E-state index contributed by atoms with van der Waals surface area (Å²) in [6, 6.07) is 15.6. The van der Waals surface area contributed by atoms with Crippen LogP contribution in [0.4, 0.5) is 0 Å². The topological polar surface area (TPSA) is 78.6 Å². The molecule has 0 N–H and O–H groups in total. The number of hydrogen-bond acceptors (Lipinski definition) is 6. The molecule has 0 amide bonds. The van der Waals surface area contributed by atoms with Crippen molar-refractivity contribution in [2.24, 2.45) is 0 Å². The molecule has 4 aromatic rings. The van der Waals surface area contributed by atoms with Gasteiger partial charge in [0.2, 0.25) is 0 Å². The van der Waals surface area contributed by atoms with Gasteiger partial charge in [0.15, 0.2) is 0 Å². The van der Waals surface area contributed by atoms with Crippen LogP contribution >= 0.6 is 34.8 Å². The SMILES string of the molecule is CCCC(=O)Cc1cc(C#Cc2ccc(OCc3c(-c4c(Cl)cccc4Cl)noc3C3CC3)cc2Cl)cc(C(=O)OC)c1. The summed E-state index contributed by atoms with van der Waals surface area (Å²) in [4.78, 5) is 24.5. The number of halogens is 3. The fraction of sp³-hybridized carbons (Fsp3) is 0.265. The third kappa shape index (κ3) is 7.43. The van der Waals surface area contributed by atoms with Gasteiger partial charge in [-0.05, 0) is 67.3 Å². The van der Waals surface area contributed by atoms with Crippen LogP contribution in [0.3, 0.4) is 0 Å². The Hall–Kier alpha value is -3.76. The van der Waals surface area contributed by atoms with Crippen molar-refractivity contribution in [3.05, 3.63) is 103 Å². The molecule has 43 heavy (non-hydrogen) atoms. The first kappa shape index (κ1) is 30.7. The molecule has 0 spiro atoms. The van der Waals surface area contributed by atoms with E-state index in [0.29, 0.717) is 66.7 Å². The highest BCUT2D eigenvalue weighted by atomic mass is 35.5. The van der Waals surface area contributed by atoms with Gasteiger partial charge in [0.25, 0.3) is 0 Å². The molecular weight excluding hydrogens is 609 g/mol. The van der Waals surface area contributed by atoms with E-state index in [4.69, 9.17) is 48.8 Å². The predicted molar refractivity (Wildman–Crippen MR) is 167 cm³/mol. The average molecular weight is 637 g/mol. The fourth-order valence-corrected chi connectivity index (χ4v) is 5.52. The Labute approximate surface area is 265 Å². The van der Waals surface area contributed by atoms with E-state index >= 15 is 0 Å². The Morgan fingerprint density at radius 3 is 2.44 bits per heavy atom. The van der Waals surface area contributed by atoms with Crippen molar-refractivity contribution in [2.75, 3.05) is 7.11 Å². The van der Waals surface area contributed by atoms with E-state index in [0.717, 1.165) is 30.6 Å². The summed E-state index contributed by atoms with van der Waals surface area (Å²) in [6.45, 7) is 2.14. The molecule has 0 atom stereocenters. The van der Waals surface area contributed by atoms with Crippen molar-refractivity contribution in [3.8, 4) is 28.8 Å². The number of ketones is 1. The first-order chi connectivity index (χ1) is 20.8. The summed E-state index contributed by atoms with van der Waals surface area (Å²) in [7, 11) is 1.31. The van der Waals surface area contributed by atoms with Crippen molar-refractivity contribution < 1.29 is 23.6 Å². The number of hydrogen-bond donors (Lipinski definition) is 0. The maximum atomic E-state index is 12.2. The zero-order chi connectivity index (χ0) is 30.5. The minimum absolute atomic E-state index is 0.0968. The fourth-order valence-electron chi connectivity index (χ4n) is 4.73. The number of ether oxygens (including phenoxy) is 2. The van der Waals surface area contributed by atoms with Crippen molar-refractivity contribution in [2.45, 2.75) is 51.6 Å². The van der Waals surface area contributed by atoms with E-state index in [9.17, 15) is 9.59 Å². The number of carbonyl (C=O) groups excluding carboxylic acids is 2. The van der Waals surface area contributed by atoms with E-state index in [-0.39, 0.29) is 18.8 Å². The van der Waals surface area contributed by atoms with Gasteiger partial charge in [-0.15, -0.1) is 0 Å². The molecule has 9 heteroatoms. The zero-order valence-corrected chi connectivity index (χ0v) is 25.9. The molecule has 5 rings (SSSR count). The molecule has 0 saturated heterocycles. The molecule has 0 unspecified atom stereocenters. The molecular formula is C34H28Cl3NO5. The highest BCUT2D eigenvalue weighted by Crippen LogP contribution is 2.46. The highest BCUT2D eigenvalue weighted by Gasteiger charge is 2.33. The monoisotopic (exact) mass is 635 g/mol. The smallest absolute Gasteiger partial charge is 0.337 e. The van der Waals surface area contributed by atoms with Crippen LogP contribution in [0.25, 0.3) is 11.3 Å². The van der Waals surface area contributed by atoms with Crippen molar-refractivity contribution in [3.63, 3.8) is 0 Å². The Balaban J connectivity index is 1.36. The lowest BCUT2D eigenvalue weighted by Crippen LogP contribution is -2.06. The zero-order valence-electron chi connectivity index (χ0n) is 23.6. The second-order valence-corrected chi connectivity index (χ2v) is 11.5. The Morgan fingerprint density at radius 1 is 1.00 bits per heavy atom. The van der Waals surface area contributed by atoms with Crippen molar-refractivity contribution >= 4 is 46.6 Å². The number of esters is 1. The highest BCUT2D eigenvalue weighted by molar-refractivity contribution is 6.39. The first-order valence-electron chi connectivity index (χ1n) is 13.9. The van der Waals surface area contributed by atoms with E-state index < -0.39 is 5.97 Å². The third-order valence-corrected chi connectivity index (χ3v) is 7.92. The number of aromatic nitrogens is 1. The van der Waals surface area contributed by atoms with Crippen molar-refractivity contribution in [1.82, 2.24) is 5.16 Å². The number of rotatable bonds is 10. The predicted octanol–water partition coefficient (Wildman–Crippen LogP) is 8.86. The van der Waals surface area contributed by atoms with Crippen LogP contribution in [0.5, 0.6) is 5.75 Å². The van der Waals surface area contributed by atoms with Gasteiger partial charge in [0, 0.05) is 41.5 Å². The van der Waals surface area contributed by atoms with Gasteiger partial charge in [0.1, 0.15) is 29.6 Å². The van der Waals surface area contributed by atoms with Gasteiger partial charge in [0.05, 0.1) is 33.3 Å². The number of Topliss-reactive ketones (excluding diaryl/α,β-unsaturated/α-hetero) is 1. The molecule has 1 aromatic heterocycles. The van der Waals surface area contributed by atoms with Crippen molar-refractivity contribution in [1.29, 1.82) is 0 Å². The summed E-state index contributed by atoms with van der Waals surface area (Å²) in [5.74, 6) is 7.35. The summed E-state index contributed by atoms with van der Waals surface area (Å²) in [5, 5.41) is 5.66. The van der Waals surface area contributed by atoms with Crippen LogP contribution in [0, 0.1) is 11.8 Å². The quantitative estimate of drug-likeness (QED) is 0.128. The lowest BCUT2D eigenvalue weighted by Gasteiger charge is -2.10. The molecule has 1 aliphatic carbocycles. The molecule has 3 aromatic carbocycles. The third-order valence-electron chi connectivity index (χ3n) is 6.98. The minimum atomic E-state index is -0.495. The maximum absolute atomic E-state index is 12.2. The lowest BCUT2D eigenvalue weighted by molar-refractivity contribution is -0.118. The summed E-state index contributed by atoms with van der Waals surface area (Å²) < 4.78 is 16.7. The van der Waals surface area contributed by atoms with E-state index in [2.05, 4.69) is 17.0 Å². The largest absolute Gasteiger partial charge is 0.489 e. The standard InChI is InChI=1S/C34H28Cl3NO5/c1-3-5-25(39)17-21-14-20(15-24(16-21)34(40)41-2)8-9-22-12-13-26(18-30(22)37)42-19-27-32(38-43-33(27)23-10-11-23)31-28(35)6-4-7-29(31)36/h4,6-7,12-16,18,23H,3,5,10-11,17,19H2,1-2H3. The minimum Gasteiger partial charge on any atom is -0.489 e. The van der Waals surface area contributed by atoms with E-state index in [1.54, 1.807) is 54.6 Å². The number of nitrogens with zero attached hydrogens (tertiary/aromatic N) is 1. The number of benzene rings is 3. The van der Waals surface area contributed by atoms with Gasteiger partial charge in [-0.1, -0.05) is 64.8 Å². The van der Waals surface area contributed by atoms with Gasteiger partial charge in [-0.3, -0.25) is 4.79 Å². The molecule has 1 heterocycles. The normalized spacial score (nSPS) is 12.4. The van der Waals surface area contributed by atoms with Crippen LogP contribution in [0.1, 0.15) is 76.9 Å². The van der Waals surface area contributed by atoms with Gasteiger partial charge < -0.3 is 14.0 Å². The molecule has 1 aliphatic rings. The molecule has 1 fully saturated rings. The Bertz CT molecular complexity index is 1730. The molecule has 1 saturated carbocycles. The van der Waals surface area contributed by atoms with E-state index in [1.165, 1.54) is 7.11 Å². The number of carbonyl (C=O) groups is 2. The number of methoxy groups -OCH3 is 1. The first-order valence-corrected chi connectivity index (χ1v) is 15.0. The Morgan fingerprint density at radius 2 is 1.77 bits per heavy atom. The van der Waals surface area contributed by atoms with Crippen LogP contribution in [-0.4, -0.2) is 24.0 Å². The van der Waals surface area contributed by atoms with E-state index in [1.807, 2.05) is 6.92 Å². The molecule has 0 bridgehead atoms. The summed E-state index contributed by atoms with van der Waals surface area (Å²) in [6.07, 6.45) is 3.50. The molecule has 0 aliphatic heterocycles. The van der Waals surface area contributed by atoms with Gasteiger partial charge in [-0.2, -0.15) is 0 Å². The van der Waals surface area contributed by atoms with Crippen LogP contribution < -0.4 is 4.74 Å². The second kappa shape index (κ2) is 13.7. The Kier molecular flexibility index (Phi) is 9.77. The average Bonchev–Trinajstić information content (AvgIpc) is 3.75. The molecule has 220 valence electrons. The van der Waals surface area contributed by atoms with Gasteiger partial charge >= 0.3 is 5.97 Å². The molecule has 0 radical (unpaired) electrons. The van der Waals surface area contributed by atoms with Crippen LogP contribution in [0.2, 0.25) is 15.1 Å². The maximum Gasteiger partial charge on any atom is 0.337 e. The molecule has 6 nitrogen and oxygen atoms in total. The lowest BCUT2D eigenvalue weighted by atomic mass is 10.00. The summed E-state index contributed by atoms with van der Waals surface area (Å²) >= 11 is 19.5.